The zero-order valence-corrected chi connectivity index (χ0v) is 30.5. The molecule has 0 unspecified atom stereocenters. The minimum absolute atomic E-state index is 0.187. The fourth-order valence-corrected chi connectivity index (χ4v) is 5.97. The summed E-state index contributed by atoms with van der Waals surface area (Å²) in [4.78, 5) is 23.6. The van der Waals surface area contributed by atoms with E-state index in [1.54, 1.807) is 0 Å². The number of hydrogen-bond donors (Lipinski definition) is 0. The van der Waals surface area contributed by atoms with Crippen LogP contribution >= 0.6 is 0 Å². The largest absolute Gasteiger partial charge is 0.464 e. The quantitative estimate of drug-likeness (QED) is 0.0497. The maximum atomic E-state index is 11.8. The standard InChI is InChI=1S/C40H78O5/c1-3-5-7-9-11-13-15-17-19-21-23-25-27-29-31-33-35-44-39(41)37-43-38-40(42)45-36-34-32-30-28-26-24-22-20-18-16-14-12-10-8-6-4-2/h3-38H2,1-2H3. The molecule has 0 heterocycles. The van der Waals surface area contributed by atoms with Gasteiger partial charge in [-0.25, -0.2) is 9.59 Å². The lowest BCUT2D eigenvalue weighted by molar-refractivity contribution is -0.155. The summed E-state index contributed by atoms with van der Waals surface area (Å²) in [6, 6.07) is 0. The number of carbonyl (C=O) groups excluding carboxylic acids is 2. The molecular formula is C40H78O5. The fraction of sp³-hybridized carbons (Fsp3) is 0.950. The first-order valence-corrected chi connectivity index (χ1v) is 20.1. The van der Waals surface area contributed by atoms with Crippen LogP contribution in [0.3, 0.4) is 0 Å². The number of carbonyl (C=O) groups is 2. The van der Waals surface area contributed by atoms with Crippen LogP contribution in [0.25, 0.3) is 0 Å². The second kappa shape index (κ2) is 39.1. The number of hydrogen-bond acceptors (Lipinski definition) is 5. The highest BCUT2D eigenvalue weighted by Gasteiger charge is 2.07. The van der Waals surface area contributed by atoms with Gasteiger partial charge >= 0.3 is 11.9 Å². The molecule has 0 spiro atoms. The van der Waals surface area contributed by atoms with E-state index in [0.717, 1.165) is 25.7 Å². The smallest absolute Gasteiger partial charge is 0.332 e. The molecular weight excluding hydrogens is 560 g/mol. The van der Waals surface area contributed by atoms with Crippen LogP contribution in [0.1, 0.15) is 219 Å². The van der Waals surface area contributed by atoms with Gasteiger partial charge in [0.05, 0.1) is 13.2 Å². The predicted molar refractivity (Wildman–Crippen MR) is 192 cm³/mol. The molecule has 0 radical (unpaired) electrons. The topological polar surface area (TPSA) is 61.8 Å². The van der Waals surface area contributed by atoms with Crippen LogP contribution in [0.2, 0.25) is 0 Å². The van der Waals surface area contributed by atoms with Crippen molar-refractivity contribution in [3.63, 3.8) is 0 Å². The van der Waals surface area contributed by atoms with Crippen molar-refractivity contribution in [1.82, 2.24) is 0 Å². The Morgan fingerprint density at radius 2 is 0.511 bits per heavy atom. The second-order valence-electron chi connectivity index (χ2n) is 13.5. The Bertz CT molecular complexity index is 543. The summed E-state index contributed by atoms with van der Waals surface area (Å²) >= 11 is 0. The summed E-state index contributed by atoms with van der Waals surface area (Å²) in [7, 11) is 0. The van der Waals surface area contributed by atoms with Gasteiger partial charge in [-0.1, -0.05) is 206 Å². The zero-order valence-electron chi connectivity index (χ0n) is 30.5. The van der Waals surface area contributed by atoms with Gasteiger partial charge in [0.1, 0.15) is 13.2 Å². The summed E-state index contributed by atoms with van der Waals surface area (Å²) in [5.74, 6) is -0.803. The van der Waals surface area contributed by atoms with E-state index in [4.69, 9.17) is 14.2 Å². The number of rotatable bonds is 38. The van der Waals surface area contributed by atoms with Gasteiger partial charge in [-0.15, -0.1) is 0 Å². The van der Waals surface area contributed by atoms with E-state index >= 15 is 0 Å². The molecule has 0 N–H and O–H groups in total. The molecule has 0 aliphatic heterocycles. The fourth-order valence-electron chi connectivity index (χ4n) is 5.97. The van der Waals surface area contributed by atoms with Crippen LogP contribution in [0.5, 0.6) is 0 Å². The van der Waals surface area contributed by atoms with E-state index in [1.807, 2.05) is 0 Å². The first-order chi connectivity index (χ1) is 22.2. The molecule has 0 aromatic heterocycles. The van der Waals surface area contributed by atoms with Crippen molar-refractivity contribution in [1.29, 1.82) is 0 Å². The molecule has 0 rings (SSSR count). The third-order valence-electron chi connectivity index (χ3n) is 8.96. The van der Waals surface area contributed by atoms with Gasteiger partial charge in [0.25, 0.3) is 0 Å². The predicted octanol–water partition coefficient (Wildman–Crippen LogP) is 12.6. The molecule has 0 atom stereocenters. The molecule has 0 saturated carbocycles. The SMILES string of the molecule is CCCCCCCCCCCCCCCCCCOC(=O)COCC(=O)OCCCCCCCCCCCCCCCCCC. The van der Waals surface area contributed by atoms with Crippen LogP contribution in [-0.4, -0.2) is 38.4 Å². The van der Waals surface area contributed by atoms with Crippen molar-refractivity contribution in [3.8, 4) is 0 Å². The van der Waals surface area contributed by atoms with Crippen molar-refractivity contribution in [3.05, 3.63) is 0 Å². The summed E-state index contributed by atoms with van der Waals surface area (Å²) in [6.45, 7) is 5.05. The Balaban J connectivity index is 3.25. The van der Waals surface area contributed by atoms with Gasteiger partial charge in [0, 0.05) is 0 Å². The average Bonchev–Trinajstić information content (AvgIpc) is 3.04. The second-order valence-corrected chi connectivity index (χ2v) is 13.5. The molecule has 0 aromatic carbocycles. The van der Waals surface area contributed by atoms with Crippen LogP contribution in [0.4, 0.5) is 0 Å². The van der Waals surface area contributed by atoms with Crippen LogP contribution in [0, 0.1) is 0 Å². The van der Waals surface area contributed by atoms with E-state index in [2.05, 4.69) is 13.8 Å². The van der Waals surface area contributed by atoms with Crippen LogP contribution < -0.4 is 0 Å². The Morgan fingerprint density at radius 3 is 0.733 bits per heavy atom. The first kappa shape index (κ1) is 43.9. The van der Waals surface area contributed by atoms with Gasteiger partial charge in [-0.05, 0) is 12.8 Å². The van der Waals surface area contributed by atoms with Crippen molar-refractivity contribution >= 4 is 11.9 Å². The Morgan fingerprint density at radius 1 is 0.311 bits per heavy atom. The van der Waals surface area contributed by atoms with Crippen molar-refractivity contribution in [2.75, 3.05) is 26.4 Å². The van der Waals surface area contributed by atoms with E-state index in [9.17, 15) is 9.59 Å². The highest BCUT2D eigenvalue weighted by Crippen LogP contribution is 2.15. The summed E-state index contributed by atoms with van der Waals surface area (Å²) in [5.41, 5.74) is 0. The van der Waals surface area contributed by atoms with E-state index in [0.29, 0.717) is 13.2 Å². The lowest BCUT2D eigenvalue weighted by Crippen LogP contribution is -2.19. The van der Waals surface area contributed by atoms with Crippen LogP contribution in [-0.2, 0) is 23.8 Å². The summed E-state index contributed by atoms with van der Waals surface area (Å²) in [5, 5.41) is 0. The highest BCUT2D eigenvalue weighted by atomic mass is 16.6. The Labute approximate surface area is 281 Å². The maximum Gasteiger partial charge on any atom is 0.332 e. The lowest BCUT2D eigenvalue weighted by Gasteiger charge is -2.07. The Kier molecular flexibility index (Phi) is 38.1. The van der Waals surface area contributed by atoms with Crippen molar-refractivity contribution in [2.45, 2.75) is 219 Å². The van der Waals surface area contributed by atoms with E-state index in [-0.39, 0.29) is 13.2 Å². The van der Waals surface area contributed by atoms with Gasteiger partial charge < -0.3 is 14.2 Å². The minimum Gasteiger partial charge on any atom is -0.464 e. The first-order valence-electron chi connectivity index (χ1n) is 20.1. The summed E-state index contributed by atoms with van der Waals surface area (Å²) in [6.07, 6.45) is 42.3. The third-order valence-corrected chi connectivity index (χ3v) is 8.96. The molecule has 0 aromatic rings. The van der Waals surface area contributed by atoms with Gasteiger partial charge in [-0.2, -0.15) is 0 Å². The number of ether oxygens (including phenoxy) is 3. The molecule has 0 aliphatic carbocycles. The molecule has 5 heteroatoms. The van der Waals surface area contributed by atoms with Gasteiger partial charge in [-0.3, -0.25) is 0 Å². The zero-order chi connectivity index (χ0) is 32.7. The number of esters is 2. The van der Waals surface area contributed by atoms with E-state index in [1.165, 1.54) is 180 Å². The van der Waals surface area contributed by atoms with Gasteiger partial charge in [0.15, 0.2) is 0 Å². The lowest BCUT2D eigenvalue weighted by atomic mass is 10.0. The van der Waals surface area contributed by atoms with E-state index < -0.39 is 11.9 Å². The molecule has 45 heavy (non-hydrogen) atoms. The Hall–Kier alpha value is -1.10. The molecule has 268 valence electrons. The minimum atomic E-state index is -0.401. The molecule has 0 aliphatic rings. The summed E-state index contributed by atoms with van der Waals surface area (Å²) < 4.78 is 15.6. The van der Waals surface area contributed by atoms with Crippen molar-refractivity contribution in [2.24, 2.45) is 0 Å². The van der Waals surface area contributed by atoms with Crippen LogP contribution in [0.15, 0.2) is 0 Å². The molecule has 0 bridgehead atoms. The average molecular weight is 639 g/mol. The maximum absolute atomic E-state index is 11.8. The van der Waals surface area contributed by atoms with Gasteiger partial charge in [0.2, 0.25) is 0 Å². The monoisotopic (exact) mass is 639 g/mol. The number of unbranched alkanes of at least 4 members (excludes halogenated alkanes) is 30. The highest BCUT2D eigenvalue weighted by molar-refractivity contribution is 5.73. The molecule has 0 saturated heterocycles. The molecule has 5 nitrogen and oxygen atoms in total. The normalized spacial score (nSPS) is 11.2. The van der Waals surface area contributed by atoms with Crippen molar-refractivity contribution < 1.29 is 23.8 Å². The third kappa shape index (κ3) is 39.0. The molecule has 0 amide bonds. The molecule has 0 fully saturated rings.